The Labute approximate surface area is 115 Å². The summed E-state index contributed by atoms with van der Waals surface area (Å²) in [5.41, 5.74) is -2.11. The molecule has 0 atom stereocenters. The first-order valence-electron chi connectivity index (χ1n) is 6.71. The van der Waals surface area contributed by atoms with Crippen LogP contribution in [-0.4, -0.2) is 33.1 Å². The van der Waals surface area contributed by atoms with Crippen LogP contribution in [-0.2, 0) is 0 Å². The summed E-state index contributed by atoms with van der Waals surface area (Å²) in [5, 5.41) is 12.3. The first-order chi connectivity index (χ1) is 9.44. The molecule has 1 fully saturated rings. The second-order valence-electron chi connectivity index (χ2n) is 5.58. The van der Waals surface area contributed by atoms with Gasteiger partial charge in [-0.05, 0) is 31.6 Å². The van der Waals surface area contributed by atoms with Crippen LogP contribution < -0.4 is 16.6 Å². The van der Waals surface area contributed by atoms with Gasteiger partial charge in [-0.2, -0.15) is 0 Å². The second-order valence-corrected chi connectivity index (χ2v) is 5.58. The predicted molar refractivity (Wildman–Crippen MR) is 72.6 cm³/mol. The van der Waals surface area contributed by atoms with Gasteiger partial charge in [-0.1, -0.05) is 6.92 Å². The number of aromatic nitrogens is 2. The molecule has 7 heteroatoms. The van der Waals surface area contributed by atoms with Crippen LogP contribution in [0.4, 0.5) is 0 Å². The van der Waals surface area contributed by atoms with E-state index in [1.807, 2.05) is 4.98 Å². The Morgan fingerprint density at radius 1 is 1.40 bits per heavy atom. The molecule has 0 bridgehead atoms. The molecule has 1 aliphatic carbocycles. The zero-order valence-corrected chi connectivity index (χ0v) is 11.4. The van der Waals surface area contributed by atoms with Crippen LogP contribution in [0.15, 0.2) is 15.7 Å². The number of aliphatic hydroxyl groups excluding tert-OH is 1. The number of hydrogen-bond donors (Lipinski definition) is 4. The van der Waals surface area contributed by atoms with E-state index in [9.17, 15) is 19.5 Å². The Bertz CT molecular complexity index is 568. The molecule has 0 aromatic carbocycles. The van der Waals surface area contributed by atoms with Gasteiger partial charge in [-0.15, -0.1) is 0 Å². The molecular weight excluding hydrogens is 262 g/mol. The molecule has 7 nitrogen and oxygen atoms in total. The molecule has 1 aromatic heterocycles. The Morgan fingerprint density at radius 3 is 2.60 bits per heavy atom. The van der Waals surface area contributed by atoms with E-state index in [0.29, 0.717) is 18.8 Å². The van der Waals surface area contributed by atoms with E-state index in [-0.39, 0.29) is 12.3 Å². The highest BCUT2D eigenvalue weighted by Gasteiger charge is 2.35. The van der Waals surface area contributed by atoms with Crippen molar-refractivity contribution >= 4 is 5.91 Å². The van der Waals surface area contributed by atoms with Crippen molar-refractivity contribution in [3.8, 4) is 0 Å². The average molecular weight is 281 g/mol. The van der Waals surface area contributed by atoms with E-state index in [2.05, 4.69) is 17.2 Å². The van der Waals surface area contributed by atoms with E-state index >= 15 is 0 Å². The third-order valence-electron chi connectivity index (χ3n) is 3.92. The SMILES string of the molecule is CC1CCC(CO)(NC(=O)c2cc(=O)[nH]c(=O)[nH]2)CC1. The van der Waals surface area contributed by atoms with Crippen LogP contribution in [0, 0.1) is 5.92 Å². The zero-order valence-electron chi connectivity index (χ0n) is 11.4. The number of rotatable bonds is 3. The van der Waals surface area contributed by atoms with Crippen LogP contribution in [0.25, 0.3) is 0 Å². The van der Waals surface area contributed by atoms with E-state index in [0.717, 1.165) is 18.9 Å². The Morgan fingerprint density at radius 2 is 2.05 bits per heavy atom. The molecule has 1 saturated carbocycles. The lowest BCUT2D eigenvalue weighted by atomic mass is 9.77. The summed E-state index contributed by atoms with van der Waals surface area (Å²) in [5.74, 6) is 0.0303. The van der Waals surface area contributed by atoms with Crippen molar-refractivity contribution in [3.05, 3.63) is 32.6 Å². The van der Waals surface area contributed by atoms with Gasteiger partial charge in [-0.3, -0.25) is 14.6 Å². The second kappa shape index (κ2) is 5.62. The smallest absolute Gasteiger partial charge is 0.326 e. The number of H-pyrrole nitrogens is 2. The summed E-state index contributed by atoms with van der Waals surface area (Å²) in [6, 6.07) is 1.03. The van der Waals surface area contributed by atoms with E-state index in [1.165, 1.54) is 0 Å². The number of carbonyl (C=O) groups is 1. The summed E-state index contributed by atoms with van der Waals surface area (Å²) in [7, 11) is 0. The highest BCUT2D eigenvalue weighted by atomic mass is 16.3. The molecule has 2 rings (SSSR count). The maximum absolute atomic E-state index is 12.1. The highest BCUT2D eigenvalue weighted by molar-refractivity contribution is 5.92. The molecule has 1 aromatic rings. The third-order valence-corrected chi connectivity index (χ3v) is 3.92. The lowest BCUT2D eigenvalue weighted by Crippen LogP contribution is -2.53. The fraction of sp³-hybridized carbons (Fsp3) is 0.615. The molecule has 1 amide bonds. The maximum Gasteiger partial charge on any atom is 0.326 e. The Balaban J connectivity index is 2.17. The van der Waals surface area contributed by atoms with Crippen LogP contribution in [0.1, 0.15) is 43.1 Å². The number of nitrogens with one attached hydrogen (secondary N) is 3. The van der Waals surface area contributed by atoms with Crippen LogP contribution in [0.5, 0.6) is 0 Å². The number of amides is 1. The topological polar surface area (TPSA) is 115 Å². The number of aliphatic hydroxyl groups is 1. The van der Waals surface area contributed by atoms with Crippen molar-refractivity contribution in [2.75, 3.05) is 6.61 Å². The van der Waals surface area contributed by atoms with Gasteiger partial charge in [0.15, 0.2) is 0 Å². The lowest BCUT2D eigenvalue weighted by molar-refractivity contribution is 0.0712. The number of aromatic amines is 2. The van der Waals surface area contributed by atoms with Gasteiger partial charge in [0, 0.05) is 6.07 Å². The zero-order chi connectivity index (χ0) is 14.8. The van der Waals surface area contributed by atoms with E-state index in [1.54, 1.807) is 0 Å². The van der Waals surface area contributed by atoms with E-state index in [4.69, 9.17) is 0 Å². The molecule has 0 spiro atoms. The largest absolute Gasteiger partial charge is 0.394 e. The van der Waals surface area contributed by atoms with E-state index < -0.39 is 22.7 Å². The monoisotopic (exact) mass is 281 g/mol. The molecular formula is C13H19N3O4. The molecule has 110 valence electrons. The molecule has 0 saturated heterocycles. The normalized spacial score (nSPS) is 26.2. The van der Waals surface area contributed by atoms with Crippen molar-refractivity contribution < 1.29 is 9.90 Å². The molecule has 4 N–H and O–H groups in total. The van der Waals surface area contributed by atoms with Gasteiger partial charge in [0.25, 0.3) is 11.5 Å². The lowest BCUT2D eigenvalue weighted by Gasteiger charge is -2.38. The molecule has 0 unspecified atom stereocenters. The molecule has 0 radical (unpaired) electrons. The fourth-order valence-corrected chi connectivity index (χ4v) is 2.54. The van der Waals surface area contributed by atoms with Crippen molar-refractivity contribution in [1.82, 2.24) is 15.3 Å². The first kappa shape index (κ1) is 14.5. The summed E-state index contributed by atoms with van der Waals surface area (Å²) in [4.78, 5) is 38.8. The standard InChI is InChI=1S/C13H19N3O4/c1-8-2-4-13(7-17,5-3-8)16-11(19)9-6-10(18)15-12(20)14-9/h6,8,17H,2-5,7H2,1H3,(H,16,19)(H2,14,15,18,20). The average Bonchev–Trinajstić information content (AvgIpc) is 2.40. The van der Waals surface area contributed by atoms with Crippen LogP contribution in [0.2, 0.25) is 0 Å². The van der Waals surface area contributed by atoms with Crippen molar-refractivity contribution in [2.45, 2.75) is 38.1 Å². The van der Waals surface area contributed by atoms with Gasteiger partial charge < -0.3 is 15.4 Å². The van der Waals surface area contributed by atoms with Gasteiger partial charge in [-0.25, -0.2) is 4.79 Å². The van der Waals surface area contributed by atoms with Crippen LogP contribution in [0.3, 0.4) is 0 Å². The summed E-state index contributed by atoms with van der Waals surface area (Å²) >= 11 is 0. The summed E-state index contributed by atoms with van der Waals surface area (Å²) in [6.07, 6.45) is 3.22. The predicted octanol–water partition coefficient (Wildman–Crippen LogP) is -0.266. The Kier molecular flexibility index (Phi) is 4.08. The summed E-state index contributed by atoms with van der Waals surface area (Å²) < 4.78 is 0. The quantitative estimate of drug-likeness (QED) is 0.610. The molecule has 1 aliphatic rings. The van der Waals surface area contributed by atoms with Crippen LogP contribution >= 0.6 is 0 Å². The highest BCUT2D eigenvalue weighted by Crippen LogP contribution is 2.31. The first-order valence-corrected chi connectivity index (χ1v) is 6.71. The molecule has 0 aliphatic heterocycles. The number of hydrogen-bond acceptors (Lipinski definition) is 4. The van der Waals surface area contributed by atoms with Gasteiger partial charge in [0.1, 0.15) is 5.69 Å². The van der Waals surface area contributed by atoms with Crippen molar-refractivity contribution in [2.24, 2.45) is 5.92 Å². The summed E-state index contributed by atoms with van der Waals surface area (Å²) in [6.45, 7) is 1.98. The minimum Gasteiger partial charge on any atom is -0.394 e. The fourth-order valence-electron chi connectivity index (χ4n) is 2.54. The third kappa shape index (κ3) is 3.16. The molecule has 1 heterocycles. The van der Waals surface area contributed by atoms with Gasteiger partial charge in [0.2, 0.25) is 0 Å². The minimum atomic E-state index is -0.724. The van der Waals surface area contributed by atoms with Crippen molar-refractivity contribution in [3.63, 3.8) is 0 Å². The Hall–Kier alpha value is -1.89. The van der Waals surface area contributed by atoms with Crippen molar-refractivity contribution in [1.29, 1.82) is 0 Å². The van der Waals surface area contributed by atoms with Gasteiger partial charge in [0.05, 0.1) is 12.1 Å². The van der Waals surface area contributed by atoms with Gasteiger partial charge >= 0.3 is 5.69 Å². The number of carbonyl (C=O) groups excluding carboxylic acids is 1. The minimum absolute atomic E-state index is 0.0924. The maximum atomic E-state index is 12.1. The molecule has 20 heavy (non-hydrogen) atoms.